The summed E-state index contributed by atoms with van der Waals surface area (Å²) in [5.41, 5.74) is 2.09. The Morgan fingerprint density at radius 3 is 2.44 bits per heavy atom. The van der Waals surface area contributed by atoms with Crippen LogP contribution in [-0.4, -0.2) is 17.6 Å². The van der Waals surface area contributed by atoms with E-state index in [2.05, 4.69) is 5.32 Å². The first-order valence-electron chi connectivity index (χ1n) is 5.71. The molecule has 0 radical (unpaired) electrons. The Balaban J connectivity index is 2.29. The Bertz CT molecular complexity index is 319. The highest BCUT2D eigenvalue weighted by molar-refractivity contribution is 5.75. The maximum absolute atomic E-state index is 11.2. The van der Waals surface area contributed by atoms with Crippen LogP contribution in [0.15, 0.2) is 24.3 Å². The minimum atomic E-state index is 0.0769. The molecule has 1 rings (SSSR count). The molecule has 16 heavy (non-hydrogen) atoms. The smallest absolute Gasteiger partial charge is 0.219 e. The fraction of sp³-hybridized carbons (Fsp3) is 0.462. The lowest BCUT2D eigenvalue weighted by atomic mass is 10.1. The molecular formula is C13H19NO2. The zero-order valence-electron chi connectivity index (χ0n) is 9.70. The van der Waals surface area contributed by atoms with Crippen LogP contribution in [0.25, 0.3) is 0 Å². The van der Waals surface area contributed by atoms with E-state index in [1.165, 1.54) is 5.56 Å². The molecule has 0 aliphatic rings. The number of carbonyl (C=O) groups is 1. The molecular weight excluding hydrogens is 202 g/mol. The Labute approximate surface area is 96.5 Å². The minimum Gasteiger partial charge on any atom is -0.392 e. The summed E-state index contributed by atoms with van der Waals surface area (Å²) >= 11 is 0. The number of aliphatic hydroxyl groups is 1. The lowest BCUT2D eigenvalue weighted by Crippen LogP contribution is -2.25. The molecule has 1 amide bonds. The van der Waals surface area contributed by atoms with E-state index in [9.17, 15) is 4.79 Å². The summed E-state index contributed by atoms with van der Waals surface area (Å²) in [7, 11) is 0. The summed E-state index contributed by atoms with van der Waals surface area (Å²) < 4.78 is 0. The molecule has 0 aliphatic heterocycles. The minimum absolute atomic E-state index is 0.0769. The number of rotatable bonds is 6. The molecule has 88 valence electrons. The predicted molar refractivity (Wildman–Crippen MR) is 64.0 cm³/mol. The second-order valence-electron chi connectivity index (χ2n) is 3.82. The third kappa shape index (κ3) is 4.45. The van der Waals surface area contributed by atoms with Crippen molar-refractivity contribution >= 4 is 5.91 Å². The van der Waals surface area contributed by atoms with E-state index in [1.54, 1.807) is 0 Å². The average molecular weight is 221 g/mol. The lowest BCUT2D eigenvalue weighted by Gasteiger charge is -2.05. The van der Waals surface area contributed by atoms with Crippen LogP contribution in [0, 0.1) is 0 Å². The predicted octanol–water partition coefficient (Wildman–Crippen LogP) is 1.64. The summed E-state index contributed by atoms with van der Waals surface area (Å²) in [5, 5.41) is 11.8. The molecule has 1 aromatic carbocycles. The zero-order valence-corrected chi connectivity index (χ0v) is 9.70. The summed E-state index contributed by atoms with van der Waals surface area (Å²) in [6.45, 7) is 2.75. The normalized spacial score (nSPS) is 10.1. The largest absolute Gasteiger partial charge is 0.392 e. The van der Waals surface area contributed by atoms with Gasteiger partial charge < -0.3 is 10.4 Å². The Morgan fingerprint density at radius 2 is 1.88 bits per heavy atom. The van der Waals surface area contributed by atoms with Crippen molar-refractivity contribution in [1.29, 1.82) is 0 Å². The average Bonchev–Trinajstić information content (AvgIpc) is 2.30. The van der Waals surface area contributed by atoms with Crippen LogP contribution >= 0.6 is 0 Å². The number of hydrogen-bond acceptors (Lipinski definition) is 2. The highest BCUT2D eigenvalue weighted by atomic mass is 16.3. The maximum Gasteiger partial charge on any atom is 0.219 e. The number of hydrogen-bond donors (Lipinski definition) is 2. The van der Waals surface area contributed by atoms with E-state index in [1.807, 2.05) is 31.2 Å². The first kappa shape index (κ1) is 12.7. The van der Waals surface area contributed by atoms with Crippen molar-refractivity contribution in [3.63, 3.8) is 0 Å². The van der Waals surface area contributed by atoms with Gasteiger partial charge in [0.15, 0.2) is 0 Å². The van der Waals surface area contributed by atoms with Gasteiger partial charge in [-0.1, -0.05) is 31.2 Å². The molecule has 0 unspecified atom stereocenters. The number of benzene rings is 1. The summed E-state index contributed by atoms with van der Waals surface area (Å²) in [6.07, 6.45) is 2.32. The van der Waals surface area contributed by atoms with Crippen LogP contribution in [0.5, 0.6) is 0 Å². The number of aliphatic hydroxyl groups excluding tert-OH is 1. The van der Waals surface area contributed by atoms with Crippen LogP contribution in [0.3, 0.4) is 0 Å². The van der Waals surface area contributed by atoms with Crippen molar-refractivity contribution < 1.29 is 9.90 Å². The van der Waals surface area contributed by atoms with Gasteiger partial charge in [0.25, 0.3) is 0 Å². The van der Waals surface area contributed by atoms with Gasteiger partial charge in [-0.25, -0.2) is 0 Å². The number of nitrogens with one attached hydrogen (secondary N) is 1. The van der Waals surface area contributed by atoms with Gasteiger partial charge in [-0.05, 0) is 24.0 Å². The van der Waals surface area contributed by atoms with E-state index < -0.39 is 0 Å². The lowest BCUT2D eigenvalue weighted by molar-refractivity contribution is -0.121. The van der Waals surface area contributed by atoms with Gasteiger partial charge in [0.2, 0.25) is 5.91 Å². The monoisotopic (exact) mass is 221 g/mol. The summed E-state index contributed by atoms with van der Waals surface area (Å²) in [5.74, 6) is 0.120. The van der Waals surface area contributed by atoms with Gasteiger partial charge in [0.1, 0.15) is 0 Å². The molecule has 1 aromatic rings. The first-order valence-corrected chi connectivity index (χ1v) is 5.71. The van der Waals surface area contributed by atoms with E-state index in [0.29, 0.717) is 13.0 Å². The van der Waals surface area contributed by atoms with Crippen LogP contribution in [-0.2, 0) is 17.8 Å². The van der Waals surface area contributed by atoms with Gasteiger partial charge in [0, 0.05) is 13.0 Å². The van der Waals surface area contributed by atoms with Crippen LogP contribution in [0.4, 0.5) is 0 Å². The van der Waals surface area contributed by atoms with Gasteiger partial charge in [0.05, 0.1) is 6.61 Å². The maximum atomic E-state index is 11.2. The molecule has 0 aliphatic carbocycles. The SMILES string of the molecule is CCCC(=O)NCCc1ccc(CO)cc1. The van der Waals surface area contributed by atoms with E-state index in [4.69, 9.17) is 5.11 Å². The molecule has 0 spiro atoms. The fourth-order valence-corrected chi connectivity index (χ4v) is 1.47. The van der Waals surface area contributed by atoms with Crippen LogP contribution in [0.2, 0.25) is 0 Å². The molecule has 0 saturated carbocycles. The molecule has 0 saturated heterocycles. The van der Waals surface area contributed by atoms with Crippen molar-refractivity contribution in [2.75, 3.05) is 6.54 Å². The molecule has 3 heteroatoms. The molecule has 0 heterocycles. The third-order valence-corrected chi connectivity index (χ3v) is 2.42. The van der Waals surface area contributed by atoms with Crippen molar-refractivity contribution in [3.8, 4) is 0 Å². The van der Waals surface area contributed by atoms with Gasteiger partial charge in [-0.2, -0.15) is 0 Å². The van der Waals surface area contributed by atoms with Crippen molar-refractivity contribution in [3.05, 3.63) is 35.4 Å². The number of carbonyl (C=O) groups excluding carboxylic acids is 1. The topological polar surface area (TPSA) is 49.3 Å². The molecule has 0 fully saturated rings. The Kier molecular flexibility index (Phi) is 5.57. The summed E-state index contributed by atoms with van der Waals surface area (Å²) in [4.78, 5) is 11.2. The molecule has 3 nitrogen and oxygen atoms in total. The van der Waals surface area contributed by atoms with Crippen LogP contribution in [0.1, 0.15) is 30.9 Å². The fourth-order valence-electron chi connectivity index (χ4n) is 1.47. The summed E-state index contributed by atoms with van der Waals surface area (Å²) in [6, 6.07) is 7.78. The quantitative estimate of drug-likeness (QED) is 0.767. The second-order valence-corrected chi connectivity index (χ2v) is 3.82. The molecule has 0 aromatic heterocycles. The Morgan fingerprint density at radius 1 is 1.25 bits per heavy atom. The molecule has 0 bridgehead atoms. The highest BCUT2D eigenvalue weighted by Gasteiger charge is 1.98. The van der Waals surface area contributed by atoms with Crippen molar-refractivity contribution in [1.82, 2.24) is 5.32 Å². The van der Waals surface area contributed by atoms with Crippen molar-refractivity contribution in [2.45, 2.75) is 32.8 Å². The molecule has 0 atom stereocenters. The van der Waals surface area contributed by atoms with Gasteiger partial charge in [-0.15, -0.1) is 0 Å². The standard InChI is InChI=1S/C13H19NO2/c1-2-3-13(16)14-9-8-11-4-6-12(10-15)7-5-11/h4-7,15H,2-3,8-10H2,1H3,(H,14,16). The Hall–Kier alpha value is -1.35. The van der Waals surface area contributed by atoms with E-state index >= 15 is 0 Å². The van der Waals surface area contributed by atoms with E-state index in [-0.39, 0.29) is 12.5 Å². The first-order chi connectivity index (χ1) is 7.76. The van der Waals surface area contributed by atoms with E-state index in [0.717, 1.165) is 18.4 Å². The third-order valence-electron chi connectivity index (χ3n) is 2.42. The second kappa shape index (κ2) is 7.01. The van der Waals surface area contributed by atoms with Crippen LogP contribution < -0.4 is 5.32 Å². The van der Waals surface area contributed by atoms with Gasteiger partial charge >= 0.3 is 0 Å². The highest BCUT2D eigenvalue weighted by Crippen LogP contribution is 2.04. The number of amides is 1. The molecule has 2 N–H and O–H groups in total. The van der Waals surface area contributed by atoms with Crippen molar-refractivity contribution in [2.24, 2.45) is 0 Å². The zero-order chi connectivity index (χ0) is 11.8. The van der Waals surface area contributed by atoms with Gasteiger partial charge in [-0.3, -0.25) is 4.79 Å².